The second kappa shape index (κ2) is 7.90. The second-order valence-corrected chi connectivity index (χ2v) is 11.7. The van der Waals surface area contributed by atoms with E-state index in [2.05, 4.69) is 6.58 Å². The number of rotatable bonds is 3. The number of ketones is 1. The van der Waals surface area contributed by atoms with Gasteiger partial charge in [-0.1, -0.05) is 27.4 Å². The Morgan fingerprint density at radius 2 is 1.44 bits per heavy atom. The topological polar surface area (TPSA) is 116 Å². The van der Waals surface area contributed by atoms with E-state index in [1.165, 1.54) is 20.8 Å². The maximum absolute atomic E-state index is 13.7. The van der Waals surface area contributed by atoms with Crippen molar-refractivity contribution < 1.29 is 38.5 Å². The molecule has 4 fully saturated rings. The van der Waals surface area contributed by atoms with Crippen molar-refractivity contribution in [3.05, 3.63) is 12.2 Å². The fourth-order valence-electron chi connectivity index (χ4n) is 8.74. The molecule has 0 unspecified atom stereocenters. The van der Waals surface area contributed by atoms with Gasteiger partial charge >= 0.3 is 17.9 Å². The Morgan fingerprint density at radius 1 is 0.882 bits per heavy atom. The van der Waals surface area contributed by atoms with Crippen molar-refractivity contribution in [3.63, 3.8) is 0 Å². The molecule has 4 saturated carbocycles. The lowest BCUT2D eigenvalue weighted by Crippen LogP contribution is -2.71. The molecule has 0 aromatic heterocycles. The Labute approximate surface area is 200 Å². The maximum atomic E-state index is 13.7. The minimum atomic E-state index is -0.893. The van der Waals surface area contributed by atoms with Crippen LogP contribution in [0.4, 0.5) is 0 Å². The number of fused-ring (bicyclic) bond motifs is 3. The highest BCUT2D eigenvalue weighted by atomic mass is 16.6. The fourth-order valence-corrected chi connectivity index (χ4v) is 8.74. The third kappa shape index (κ3) is 3.43. The van der Waals surface area contributed by atoms with Crippen molar-refractivity contribution in [1.29, 1.82) is 0 Å². The average molecular weight is 477 g/mol. The normalized spacial score (nSPS) is 44.5. The quantitative estimate of drug-likeness (QED) is 0.376. The van der Waals surface area contributed by atoms with E-state index in [1.807, 2.05) is 20.8 Å². The van der Waals surface area contributed by atoms with Gasteiger partial charge in [-0.15, -0.1) is 0 Å². The molecule has 8 heteroatoms. The number of carbonyl (C=O) groups is 4. The molecule has 0 saturated heterocycles. The monoisotopic (exact) mass is 476 g/mol. The number of carbonyl (C=O) groups excluding carboxylic acids is 4. The van der Waals surface area contributed by atoms with Crippen LogP contribution < -0.4 is 0 Å². The lowest BCUT2D eigenvalue weighted by Gasteiger charge is -2.67. The van der Waals surface area contributed by atoms with Crippen molar-refractivity contribution in [2.24, 2.45) is 34.0 Å². The van der Waals surface area contributed by atoms with Gasteiger partial charge in [-0.2, -0.15) is 0 Å². The molecule has 0 radical (unpaired) electrons. The van der Waals surface area contributed by atoms with E-state index in [1.54, 1.807) is 0 Å². The van der Waals surface area contributed by atoms with Crippen LogP contribution in [0.3, 0.4) is 0 Å². The van der Waals surface area contributed by atoms with Crippen LogP contribution >= 0.6 is 0 Å². The van der Waals surface area contributed by atoms with E-state index >= 15 is 0 Å². The lowest BCUT2D eigenvalue weighted by atomic mass is 9.39. The van der Waals surface area contributed by atoms with Gasteiger partial charge in [0.1, 0.15) is 18.3 Å². The lowest BCUT2D eigenvalue weighted by molar-refractivity contribution is -0.271. The molecule has 1 spiro atoms. The zero-order valence-corrected chi connectivity index (χ0v) is 20.9. The summed E-state index contributed by atoms with van der Waals surface area (Å²) < 4.78 is 17.3. The first-order valence-corrected chi connectivity index (χ1v) is 12.1. The Balaban J connectivity index is 1.91. The number of allylic oxidation sites excluding steroid dienone is 1. The highest BCUT2D eigenvalue weighted by molar-refractivity contribution is 6.03. The van der Waals surface area contributed by atoms with Gasteiger partial charge < -0.3 is 19.3 Å². The summed E-state index contributed by atoms with van der Waals surface area (Å²) in [7, 11) is 0. The summed E-state index contributed by atoms with van der Waals surface area (Å²) in [5, 5.41) is 11.4. The van der Waals surface area contributed by atoms with Crippen LogP contribution in [0.1, 0.15) is 67.2 Å². The summed E-state index contributed by atoms with van der Waals surface area (Å²) in [6.45, 7) is 13.8. The number of hydrogen-bond acceptors (Lipinski definition) is 8. The first-order valence-electron chi connectivity index (χ1n) is 12.1. The standard InChI is InChI=1S/C26H36O8/c1-12-16-8-17(30)20-25(7)10-19(33-14(3)28)23(34-15(4)29)24(5,6)21(25)18(32-13(2)27)11-26(20,9-16)22(12)31/h16-21,23,30H,1,8-11H2,2-7H3/t16-,17-,18+,19+,20+,21-,23+,25+,26+/m1/s1. The van der Waals surface area contributed by atoms with Crippen LogP contribution in [0.2, 0.25) is 0 Å². The minimum Gasteiger partial charge on any atom is -0.462 e. The number of ether oxygens (including phenoxy) is 3. The Hall–Kier alpha value is -2.22. The van der Waals surface area contributed by atoms with Crippen molar-refractivity contribution >= 4 is 23.7 Å². The molecule has 0 amide bonds. The molecular formula is C26H36O8. The van der Waals surface area contributed by atoms with E-state index in [4.69, 9.17) is 14.2 Å². The Morgan fingerprint density at radius 3 is 2.00 bits per heavy atom. The number of Topliss-reactive ketones (excluding diaryl/α,β-unsaturated/α-hetero) is 1. The predicted molar refractivity (Wildman–Crippen MR) is 120 cm³/mol. The summed E-state index contributed by atoms with van der Waals surface area (Å²) in [6.07, 6.45) is -1.36. The highest BCUT2D eigenvalue weighted by Gasteiger charge is 2.74. The smallest absolute Gasteiger partial charge is 0.303 e. The molecule has 0 aliphatic heterocycles. The van der Waals surface area contributed by atoms with Gasteiger partial charge in [0, 0.05) is 43.4 Å². The van der Waals surface area contributed by atoms with Crippen molar-refractivity contribution in [2.75, 3.05) is 0 Å². The SMILES string of the molecule is C=C1C(=O)[C@]23C[C@H]1C[C@@H](O)[C@H]2[C@]1(C)C[C@H](OC(C)=O)[C@H](OC(C)=O)C(C)(C)[C@H]1[C@@H](OC(C)=O)C3. The van der Waals surface area contributed by atoms with Crippen molar-refractivity contribution in [3.8, 4) is 0 Å². The van der Waals surface area contributed by atoms with Crippen LogP contribution in [-0.2, 0) is 33.4 Å². The second-order valence-electron chi connectivity index (χ2n) is 11.7. The summed E-state index contributed by atoms with van der Waals surface area (Å²) in [4.78, 5) is 50.0. The van der Waals surface area contributed by atoms with Crippen LogP contribution in [0.15, 0.2) is 12.2 Å². The van der Waals surface area contributed by atoms with Gasteiger partial charge in [0.15, 0.2) is 5.78 Å². The summed E-state index contributed by atoms with van der Waals surface area (Å²) in [5.74, 6) is -2.40. The van der Waals surface area contributed by atoms with Crippen LogP contribution in [0, 0.1) is 34.0 Å². The predicted octanol–water partition coefficient (Wildman–Crippen LogP) is 2.75. The van der Waals surface area contributed by atoms with E-state index < -0.39 is 64.5 Å². The molecular weight excluding hydrogens is 440 g/mol. The molecule has 9 atom stereocenters. The first kappa shape index (κ1) is 24.9. The van der Waals surface area contributed by atoms with E-state index in [0.717, 1.165) is 0 Å². The largest absolute Gasteiger partial charge is 0.462 e. The average Bonchev–Trinajstić information content (AvgIpc) is 2.83. The van der Waals surface area contributed by atoms with Gasteiger partial charge in [-0.05, 0) is 42.6 Å². The molecule has 4 rings (SSSR count). The Bertz CT molecular complexity index is 952. The zero-order valence-electron chi connectivity index (χ0n) is 20.9. The van der Waals surface area contributed by atoms with Gasteiger partial charge in [-0.25, -0.2) is 0 Å². The highest BCUT2D eigenvalue weighted by Crippen LogP contribution is 2.71. The molecule has 0 heterocycles. The van der Waals surface area contributed by atoms with Crippen molar-refractivity contribution in [2.45, 2.75) is 91.6 Å². The molecule has 34 heavy (non-hydrogen) atoms. The number of hydrogen-bond donors (Lipinski definition) is 1. The van der Waals surface area contributed by atoms with Crippen LogP contribution in [-0.4, -0.2) is 53.2 Å². The maximum Gasteiger partial charge on any atom is 0.303 e. The van der Waals surface area contributed by atoms with Gasteiger partial charge in [-0.3, -0.25) is 19.2 Å². The van der Waals surface area contributed by atoms with Crippen molar-refractivity contribution in [1.82, 2.24) is 0 Å². The summed E-state index contributed by atoms with van der Waals surface area (Å²) in [5.41, 5.74) is -1.90. The van der Waals surface area contributed by atoms with E-state index in [0.29, 0.717) is 18.4 Å². The van der Waals surface area contributed by atoms with E-state index in [-0.39, 0.29) is 30.5 Å². The third-order valence-electron chi connectivity index (χ3n) is 9.15. The zero-order chi connectivity index (χ0) is 25.4. The van der Waals surface area contributed by atoms with Gasteiger partial charge in [0.05, 0.1) is 6.10 Å². The number of esters is 3. The summed E-state index contributed by atoms with van der Waals surface area (Å²) in [6, 6.07) is 0. The molecule has 4 aliphatic rings. The molecule has 0 aromatic rings. The van der Waals surface area contributed by atoms with Crippen LogP contribution in [0.25, 0.3) is 0 Å². The summed E-state index contributed by atoms with van der Waals surface area (Å²) >= 11 is 0. The molecule has 188 valence electrons. The molecule has 8 nitrogen and oxygen atoms in total. The molecule has 2 bridgehead atoms. The fraction of sp³-hybridized carbons (Fsp3) is 0.769. The number of aliphatic hydroxyl groups is 1. The molecule has 1 N–H and O–H groups in total. The van der Waals surface area contributed by atoms with Gasteiger partial charge in [0.25, 0.3) is 0 Å². The van der Waals surface area contributed by atoms with E-state index in [9.17, 15) is 24.3 Å². The third-order valence-corrected chi connectivity index (χ3v) is 9.15. The molecule has 4 aliphatic carbocycles. The molecule has 0 aromatic carbocycles. The van der Waals surface area contributed by atoms with Gasteiger partial charge in [0.2, 0.25) is 0 Å². The number of aliphatic hydroxyl groups excluding tert-OH is 1. The first-order chi connectivity index (χ1) is 15.6. The Kier molecular flexibility index (Phi) is 5.78. The van der Waals surface area contributed by atoms with Crippen LogP contribution in [0.5, 0.6) is 0 Å². The minimum absolute atomic E-state index is 0.0557.